The van der Waals surface area contributed by atoms with Crippen molar-refractivity contribution in [2.24, 2.45) is 0 Å². The first kappa shape index (κ1) is 21.1. The third-order valence-corrected chi connectivity index (χ3v) is 6.97. The van der Waals surface area contributed by atoms with Crippen molar-refractivity contribution in [1.82, 2.24) is 0 Å². The topological polar surface area (TPSA) is 0 Å². The molecular formula is C19H34BrP. The lowest BCUT2D eigenvalue weighted by atomic mass is 10.2. The van der Waals surface area contributed by atoms with Crippen molar-refractivity contribution in [3.63, 3.8) is 0 Å². The van der Waals surface area contributed by atoms with Crippen LogP contribution in [0.5, 0.6) is 0 Å². The number of halogens is 1. The molecule has 2 heteroatoms. The molecule has 0 aliphatic carbocycles. The van der Waals surface area contributed by atoms with E-state index in [1.807, 2.05) is 18.2 Å². The molecule has 21 heavy (non-hydrogen) atoms. The van der Waals surface area contributed by atoms with E-state index in [-0.39, 0.29) is 0 Å². The lowest BCUT2D eigenvalue weighted by Crippen LogP contribution is -1.95. The van der Waals surface area contributed by atoms with Gasteiger partial charge >= 0.3 is 0 Å². The molecule has 0 nitrogen and oxygen atoms in total. The summed E-state index contributed by atoms with van der Waals surface area (Å²) >= 11 is 3.36. The van der Waals surface area contributed by atoms with Crippen molar-refractivity contribution in [3.8, 4) is 0 Å². The van der Waals surface area contributed by atoms with Crippen LogP contribution in [0.1, 0.15) is 64.9 Å². The lowest BCUT2D eigenvalue weighted by Gasteiger charge is -2.16. The van der Waals surface area contributed by atoms with E-state index in [4.69, 9.17) is 0 Å². The lowest BCUT2D eigenvalue weighted by molar-refractivity contribution is 0.847. The molecule has 122 valence electrons. The number of hydrogen-bond acceptors (Lipinski definition) is 0. The van der Waals surface area contributed by atoms with Gasteiger partial charge in [-0.05, 0) is 43.3 Å². The minimum absolute atomic E-state index is 0.422. The van der Waals surface area contributed by atoms with Crippen molar-refractivity contribution < 1.29 is 0 Å². The van der Waals surface area contributed by atoms with Crippen LogP contribution < -0.4 is 0 Å². The van der Waals surface area contributed by atoms with E-state index in [1.54, 1.807) is 18.5 Å². The number of hydrogen-bond donors (Lipinski definition) is 0. The molecule has 0 aliphatic heterocycles. The molecule has 0 saturated carbocycles. The minimum atomic E-state index is 0.422. The first-order valence-electron chi connectivity index (χ1n) is 8.60. The molecule has 0 N–H and O–H groups in total. The average molecular weight is 373 g/mol. The van der Waals surface area contributed by atoms with Gasteiger partial charge in [0, 0.05) is 5.33 Å². The Balaban J connectivity index is 0.000000423. The zero-order chi connectivity index (χ0) is 15.8. The molecule has 0 aliphatic rings. The Bertz CT molecular complexity index is 281. The van der Waals surface area contributed by atoms with Gasteiger partial charge in [-0.1, -0.05) is 86.3 Å². The molecule has 0 radical (unpaired) electrons. The largest absolute Gasteiger partial charge is 0.107 e. The summed E-state index contributed by atoms with van der Waals surface area (Å²) in [6, 6.07) is 10.3. The van der Waals surface area contributed by atoms with Crippen LogP contribution in [0.4, 0.5) is 0 Å². The van der Waals surface area contributed by atoms with Crippen LogP contribution in [0, 0.1) is 0 Å². The van der Waals surface area contributed by atoms with Gasteiger partial charge in [0.25, 0.3) is 0 Å². The summed E-state index contributed by atoms with van der Waals surface area (Å²) in [6.45, 7) is 6.94. The van der Waals surface area contributed by atoms with E-state index in [0.29, 0.717) is 7.92 Å². The summed E-state index contributed by atoms with van der Waals surface area (Å²) in [5.41, 5.74) is 1.33. The van der Waals surface area contributed by atoms with Crippen molar-refractivity contribution in [2.45, 2.75) is 64.6 Å². The average Bonchev–Trinajstić information content (AvgIpc) is 2.55. The fourth-order valence-corrected chi connectivity index (χ4v) is 5.38. The Labute approximate surface area is 143 Å². The van der Waals surface area contributed by atoms with Gasteiger partial charge in [-0.3, -0.25) is 0 Å². The van der Waals surface area contributed by atoms with Gasteiger partial charge in [-0.25, -0.2) is 0 Å². The highest BCUT2D eigenvalue weighted by Crippen LogP contribution is 2.38. The Morgan fingerprint density at radius 2 is 1.19 bits per heavy atom. The van der Waals surface area contributed by atoms with Crippen LogP contribution in [0.2, 0.25) is 0 Å². The molecule has 0 amide bonds. The fraction of sp³-hybridized carbons (Fsp3) is 0.684. The van der Waals surface area contributed by atoms with Gasteiger partial charge in [-0.15, -0.1) is 7.92 Å². The van der Waals surface area contributed by atoms with Crippen LogP contribution in [0.3, 0.4) is 0 Å². The second-order valence-corrected chi connectivity index (χ2v) is 8.77. The van der Waals surface area contributed by atoms with Gasteiger partial charge in [0.2, 0.25) is 0 Å². The van der Waals surface area contributed by atoms with E-state index in [1.165, 1.54) is 44.1 Å². The maximum absolute atomic E-state index is 3.36. The highest BCUT2D eigenvalue weighted by molar-refractivity contribution is 9.08. The van der Waals surface area contributed by atoms with E-state index >= 15 is 0 Å². The summed E-state index contributed by atoms with van der Waals surface area (Å²) in [7, 11) is 0.422. The number of rotatable bonds is 10. The van der Waals surface area contributed by atoms with Crippen molar-refractivity contribution in [3.05, 3.63) is 35.9 Å². The van der Waals surface area contributed by atoms with E-state index in [9.17, 15) is 0 Å². The molecule has 1 aromatic rings. The third kappa shape index (κ3) is 13.5. The molecule has 0 bridgehead atoms. The monoisotopic (exact) mass is 372 g/mol. The van der Waals surface area contributed by atoms with Crippen molar-refractivity contribution in [1.29, 1.82) is 0 Å². The van der Waals surface area contributed by atoms with Crippen LogP contribution >= 0.6 is 23.9 Å². The van der Waals surface area contributed by atoms with E-state index < -0.39 is 0 Å². The van der Waals surface area contributed by atoms with Gasteiger partial charge in [-0.2, -0.15) is 0 Å². The van der Waals surface area contributed by atoms with Crippen molar-refractivity contribution >= 4 is 23.9 Å². The standard InChI is InChI=1S/C12H27P.C7H7Br/c1-4-7-10-13(11-8-5-2)12-9-6-3;8-6-7-4-2-1-3-5-7/h4-12H2,1-3H3;1-5H,6H2. The van der Waals surface area contributed by atoms with Crippen LogP contribution in [0.15, 0.2) is 30.3 Å². The molecule has 0 heterocycles. The Hall–Kier alpha value is 0.130. The highest BCUT2D eigenvalue weighted by atomic mass is 79.9. The van der Waals surface area contributed by atoms with Crippen LogP contribution in [-0.2, 0) is 5.33 Å². The highest BCUT2D eigenvalue weighted by Gasteiger charge is 2.05. The summed E-state index contributed by atoms with van der Waals surface area (Å²) in [5, 5.41) is 0.952. The summed E-state index contributed by atoms with van der Waals surface area (Å²) < 4.78 is 0. The third-order valence-electron chi connectivity index (χ3n) is 3.48. The smallest absolute Gasteiger partial charge is 0.0283 e. The molecular weight excluding hydrogens is 339 g/mol. The van der Waals surface area contributed by atoms with Gasteiger partial charge in [0.05, 0.1) is 0 Å². The van der Waals surface area contributed by atoms with Crippen LogP contribution in [0.25, 0.3) is 0 Å². The van der Waals surface area contributed by atoms with E-state index in [2.05, 4.69) is 48.8 Å². The molecule has 0 aromatic heterocycles. The number of benzene rings is 1. The zero-order valence-corrected chi connectivity index (χ0v) is 16.8. The van der Waals surface area contributed by atoms with Gasteiger partial charge in [0.1, 0.15) is 0 Å². The van der Waals surface area contributed by atoms with Crippen LogP contribution in [-0.4, -0.2) is 18.5 Å². The first-order chi connectivity index (χ1) is 10.3. The molecule has 0 fully saturated rings. The zero-order valence-electron chi connectivity index (χ0n) is 14.3. The Kier molecular flexibility index (Phi) is 16.6. The maximum Gasteiger partial charge on any atom is 0.0283 e. The molecule has 1 aromatic carbocycles. The normalized spacial score (nSPS) is 10.3. The molecule has 0 unspecified atom stereocenters. The fourth-order valence-electron chi connectivity index (χ4n) is 2.05. The second kappa shape index (κ2) is 16.5. The molecule has 0 spiro atoms. The van der Waals surface area contributed by atoms with Gasteiger partial charge in [0.15, 0.2) is 0 Å². The van der Waals surface area contributed by atoms with Gasteiger partial charge < -0.3 is 0 Å². The molecule has 0 saturated heterocycles. The SMILES string of the molecule is BrCc1ccccc1.CCCCP(CCCC)CCCC. The summed E-state index contributed by atoms with van der Waals surface area (Å²) in [4.78, 5) is 0. The predicted molar refractivity (Wildman–Crippen MR) is 105 cm³/mol. The molecule has 0 atom stereocenters. The summed E-state index contributed by atoms with van der Waals surface area (Å²) in [6.07, 6.45) is 13.2. The quantitative estimate of drug-likeness (QED) is 0.295. The predicted octanol–water partition coefficient (Wildman–Crippen LogP) is 7.45. The maximum atomic E-state index is 3.36. The number of unbranched alkanes of at least 4 members (excludes halogenated alkanes) is 3. The summed E-state index contributed by atoms with van der Waals surface area (Å²) in [5.74, 6) is 0. The molecule has 1 rings (SSSR count). The second-order valence-electron chi connectivity index (χ2n) is 5.52. The van der Waals surface area contributed by atoms with Crippen molar-refractivity contribution in [2.75, 3.05) is 18.5 Å². The Morgan fingerprint density at radius 1 is 0.762 bits per heavy atom. The first-order valence-corrected chi connectivity index (χ1v) is 11.6. The number of alkyl halides is 1. The van der Waals surface area contributed by atoms with E-state index in [0.717, 1.165) is 5.33 Å². The Morgan fingerprint density at radius 3 is 1.48 bits per heavy atom. The minimum Gasteiger partial charge on any atom is -0.107 e.